The molecule has 0 aliphatic carbocycles. The van der Waals surface area contributed by atoms with E-state index in [4.69, 9.17) is 15.4 Å². The number of nitrogens with zero attached hydrogens (tertiary/aromatic N) is 2. The second-order valence-corrected chi connectivity index (χ2v) is 6.35. The number of amides is 1. The van der Waals surface area contributed by atoms with Crippen LogP contribution in [-0.2, 0) is 10.5 Å². The number of carbonyl (C=O) groups is 2. The third-order valence-electron chi connectivity index (χ3n) is 3.48. The van der Waals surface area contributed by atoms with Crippen LogP contribution in [0, 0.1) is 17.0 Å². The van der Waals surface area contributed by atoms with Crippen LogP contribution in [0.1, 0.15) is 28.1 Å². The fraction of sp³-hybridized carbons (Fsp3) is 0.267. The number of carboxylic acid groups (broad SMARTS) is 1. The lowest BCUT2D eigenvalue weighted by Crippen LogP contribution is -2.18. The molecule has 138 valence electrons. The van der Waals surface area contributed by atoms with E-state index in [1.807, 2.05) is 0 Å². The first-order valence-electron chi connectivity index (χ1n) is 7.32. The third kappa shape index (κ3) is 4.11. The van der Waals surface area contributed by atoms with E-state index in [0.717, 1.165) is 10.8 Å². The summed E-state index contributed by atoms with van der Waals surface area (Å²) in [4.78, 5) is 44.8. The Balaban J connectivity index is 2.39. The molecular formula is C15H15N3O7S. The lowest BCUT2D eigenvalue weighted by Gasteiger charge is -2.03. The smallest absolute Gasteiger partial charge is 0.304 e. The standard InChI is InChI=1S/C15H15N3O7S/c1-8-10(7-26-5-4-13(19)20)15(22)17(25-8)11-3-2-9(14(16)21)6-12(11)18(23)24/h2-3,6H,4-5,7H2,1H3,(H2,16,21)(H,19,20). The number of aryl methyl sites for hydroxylation is 1. The van der Waals surface area contributed by atoms with Crippen molar-refractivity contribution in [3.8, 4) is 5.69 Å². The molecule has 2 aromatic rings. The molecule has 0 atom stereocenters. The number of hydrogen-bond acceptors (Lipinski definition) is 7. The predicted octanol–water partition coefficient (Wildman–Crippen LogP) is 1.45. The van der Waals surface area contributed by atoms with Gasteiger partial charge in [-0.15, -0.1) is 4.74 Å². The van der Waals surface area contributed by atoms with Gasteiger partial charge in [-0.25, -0.2) is 0 Å². The van der Waals surface area contributed by atoms with Gasteiger partial charge in [0.1, 0.15) is 5.76 Å². The quantitative estimate of drug-likeness (QED) is 0.395. The molecule has 0 aliphatic rings. The zero-order valence-electron chi connectivity index (χ0n) is 13.6. The van der Waals surface area contributed by atoms with Crippen LogP contribution in [0.2, 0.25) is 0 Å². The molecule has 1 aromatic carbocycles. The number of primary amides is 1. The van der Waals surface area contributed by atoms with Gasteiger partial charge in [0, 0.05) is 23.1 Å². The SMILES string of the molecule is Cc1on(-c2ccc(C(N)=O)cc2[N+](=O)[O-])c(=O)c1CSCCC(=O)O. The Morgan fingerprint density at radius 3 is 2.69 bits per heavy atom. The predicted molar refractivity (Wildman–Crippen MR) is 92.6 cm³/mol. The van der Waals surface area contributed by atoms with Crippen molar-refractivity contribution in [3.05, 3.63) is 55.6 Å². The number of carboxylic acids is 1. The Bertz CT molecular complexity index is 932. The highest BCUT2D eigenvalue weighted by Gasteiger charge is 2.23. The number of benzene rings is 1. The van der Waals surface area contributed by atoms with Crippen molar-refractivity contribution in [3.63, 3.8) is 0 Å². The van der Waals surface area contributed by atoms with Crippen molar-refractivity contribution >= 4 is 29.3 Å². The second-order valence-electron chi connectivity index (χ2n) is 5.25. The van der Waals surface area contributed by atoms with E-state index in [2.05, 4.69) is 0 Å². The molecule has 1 heterocycles. The van der Waals surface area contributed by atoms with Gasteiger partial charge in [0.15, 0.2) is 5.69 Å². The lowest BCUT2D eigenvalue weighted by molar-refractivity contribution is -0.384. The van der Waals surface area contributed by atoms with E-state index < -0.39 is 28.0 Å². The summed E-state index contributed by atoms with van der Waals surface area (Å²) in [6.07, 6.45) is -0.0458. The molecule has 0 radical (unpaired) electrons. The van der Waals surface area contributed by atoms with E-state index in [9.17, 15) is 24.5 Å². The van der Waals surface area contributed by atoms with E-state index >= 15 is 0 Å². The van der Waals surface area contributed by atoms with Crippen LogP contribution in [0.25, 0.3) is 5.69 Å². The minimum absolute atomic E-state index is 0.0458. The molecule has 2 rings (SSSR count). The number of rotatable bonds is 8. The first kappa shape index (κ1) is 19.2. The van der Waals surface area contributed by atoms with Gasteiger partial charge in [0.25, 0.3) is 11.2 Å². The zero-order valence-corrected chi connectivity index (χ0v) is 14.4. The molecule has 0 spiro atoms. The van der Waals surface area contributed by atoms with Gasteiger partial charge in [0.05, 0.1) is 16.9 Å². The molecule has 0 saturated heterocycles. The van der Waals surface area contributed by atoms with E-state index in [1.165, 1.54) is 30.8 Å². The van der Waals surface area contributed by atoms with Gasteiger partial charge in [-0.2, -0.15) is 11.8 Å². The average molecular weight is 381 g/mol. The molecule has 10 nitrogen and oxygen atoms in total. The number of aromatic nitrogens is 1. The van der Waals surface area contributed by atoms with Crippen LogP contribution < -0.4 is 11.3 Å². The Morgan fingerprint density at radius 1 is 1.42 bits per heavy atom. The minimum Gasteiger partial charge on any atom is -0.481 e. The highest BCUT2D eigenvalue weighted by molar-refractivity contribution is 7.98. The number of nitro benzene ring substituents is 1. The third-order valence-corrected chi connectivity index (χ3v) is 4.46. The summed E-state index contributed by atoms with van der Waals surface area (Å²) >= 11 is 1.24. The summed E-state index contributed by atoms with van der Waals surface area (Å²) in [6.45, 7) is 1.54. The topological polar surface area (TPSA) is 159 Å². The van der Waals surface area contributed by atoms with E-state index in [0.29, 0.717) is 5.75 Å². The van der Waals surface area contributed by atoms with E-state index in [1.54, 1.807) is 0 Å². The van der Waals surface area contributed by atoms with Crippen LogP contribution in [0.4, 0.5) is 5.69 Å². The largest absolute Gasteiger partial charge is 0.481 e. The fourth-order valence-corrected chi connectivity index (χ4v) is 3.15. The first-order valence-corrected chi connectivity index (χ1v) is 8.47. The van der Waals surface area contributed by atoms with Crippen LogP contribution in [0.3, 0.4) is 0 Å². The monoisotopic (exact) mass is 381 g/mol. The highest BCUT2D eigenvalue weighted by atomic mass is 32.2. The summed E-state index contributed by atoms with van der Waals surface area (Å²) in [6, 6.07) is 3.45. The van der Waals surface area contributed by atoms with Crippen LogP contribution in [0.15, 0.2) is 27.5 Å². The highest BCUT2D eigenvalue weighted by Crippen LogP contribution is 2.25. The second kappa shape index (κ2) is 7.87. The zero-order chi connectivity index (χ0) is 19.4. The Kier molecular flexibility index (Phi) is 5.82. The number of nitrogens with two attached hydrogens (primary N) is 1. The van der Waals surface area contributed by atoms with Gasteiger partial charge >= 0.3 is 5.97 Å². The van der Waals surface area contributed by atoms with Gasteiger partial charge in [0.2, 0.25) is 5.91 Å². The summed E-state index contributed by atoms with van der Waals surface area (Å²) in [5, 5.41) is 19.9. The number of nitro groups is 1. The summed E-state index contributed by atoms with van der Waals surface area (Å²) in [5.74, 6) is -0.984. The van der Waals surface area contributed by atoms with Crippen molar-refractivity contribution in [2.75, 3.05) is 5.75 Å². The summed E-state index contributed by atoms with van der Waals surface area (Å²) < 4.78 is 6.14. The molecule has 26 heavy (non-hydrogen) atoms. The maximum Gasteiger partial charge on any atom is 0.304 e. The van der Waals surface area contributed by atoms with Crippen LogP contribution in [-0.4, -0.2) is 32.4 Å². The normalized spacial score (nSPS) is 10.7. The van der Waals surface area contributed by atoms with Crippen molar-refractivity contribution < 1.29 is 24.1 Å². The Hall–Kier alpha value is -3.08. The van der Waals surface area contributed by atoms with Crippen LogP contribution >= 0.6 is 11.8 Å². The molecule has 0 saturated carbocycles. The van der Waals surface area contributed by atoms with Gasteiger partial charge < -0.3 is 15.4 Å². The van der Waals surface area contributed by atoms with E-state index in [-0.39, 0.29) is 34.7 Å². The molecule has 11 heteroatoms. The number of hydrogen-bond donors (Lipinski definition) is 2. The molecule has 0 unspecified atom stereocenters. The van der Waals surface area contributed by atoms with Gasteiger partial charge in [-0.1, -0.05) is 0 Å². The molecule has 1 aromatic heterocycles. The maximum atomic E-state index is 12.5. The number of aliphatic carboxylic acids is 1. The maximum absolute atomic E-state index is 12.5. The van der Waals surface area contributed by atoms with Crippen molar-refractivity contribution in [1.82, 2.24) is 4.74 Å². The fourth-order valence-electron chi connectivity index (χ4n) is 2.16. The Labute approximate surface area is 150 Å². The lowest BCUT2D eigenvalue weighted by atomic mass is 10.1. The molecule has 0 aliphatic heterocycles. The molecular weight excluding hydrogens is 366 g/mol. The van der Waals surface area contributed by atoms with Crippen LogP contribution in [0.5, 0.6) is 0 Å². The van der Waals surface area contributed by atoms with Crippen molar-refractivity contribution in [1.29, 1.82) is 0 Å². The molecule has 1 amide bonds. The summed E-state index contributed by atoms with van der Waals surface area (Å²) in [7, 11) is 0. The average Bonchev–Trinajstić information content (AvgIpc) is 2.85. The minimum atomic E-state index is -0.941. The van der Waals surface area contributed by atoms with Crippen molar-refractivity contribution in [2.24, 2.45) is 5.73 Å². The number of carbonyl (C=O) groups excluding carboxylic acids is 1. The summed E-state index contributed by atoms with van der Waals surface area (Å²) in [5.41, 5.74) is 4.13. The molecule has 0 bridgehead atoms. The molecule has 0 fully saturated rings. The number of thioether (sulfide) groups is 1. The molecule has 3 N–H and O–H groups in total. The van der Waals surface area contributed by atoms with Gasteiger partial charge in [-0.05, 0) is 19.1 Å². The van der Waals surface area contributed by atoms with Crippen molar-refractivity contribution in [2.45, 2.75) is 19.1 Å². The Morgan fingerprint density at radius 2 is 2.12 bits per heavy atom. The van der Waals surface area contributed by atoms with Gasteiger partial charge in [-0.3, -0.25) is 24.5 Å². The first-order chi connectivity index (χ1) is 12.2.